The Morgan fingerprint density at radius 3 is 2.83 bits per heavy atom. The van der Waals surface area contributed by atoms with Crippen molar-refractivity contribution in [3.63, 3.8) is 0 Å². The standard InChI is InChI=1S/C11H18O/c1-3-8-11(12)9-6-5-7-10(11)4-2/h10,12H,4-7,9H2,1-2H3. The lowest BCUT2D eigenvalue weighted by Crippen LogP contribution is -2.38. The Balaban J connectivity index is 2.73. The van der Waals surface area contributed by atoms with Crippen LogP contribution in [0.25, 0.3) is 0 Å². The fraction of sp³-hybridized carbons (Fsp3) is 0.818. The van der Waals surface area contributed by atoms with Gasteiger partial charge in [0.05, 0.1) is 0 Å². The van der Waals surface area contributed by atoms with E-state index in [2.05, 4.69) is 18.8 Å². The second-order valence-electron chi connectivity index (χ2n) is 3.65. The molecule has 1 nitrogen and oxygen atoms in total. The third-order valence-corrected chi connectivity index (χ3v) is 2.87. The van der Waals surface area contributed by atoms with Gasteiger partial charge < -0.3 is 5.11 Å². The molecule has 1 heteroatoms. The van der Waals surface area contributed by atoms with Crippen molar-refractivity contribution in [2.24, 2.45) is 5.92 Å². The lowest BCUT2D eigenvalue weighted by Gasteiger charge is -2.35. The fourth-order valence-corrected chi connectivity index (χ4v) is 2.15. The number of aliphatic hydroxyl groups is 1. The fourth-order valence-electron chi connectivity index (χ4n) is 2.15. The van der Waals surface area contributed by atoms with E-state index >= 15 is 0 Å². The Kier molecular flexibility index (Phi) is 3.17. The van der Waals surface area contributed by atoms with E-state index in [9.17, 15) is 5.11 Å². The smallest absolute Gasteiger partial charge is 0.128 e. The predicted molar refractivity (Wildman–Crippen MR) is 50.6 cm³/mol. The number of rotatable bonds is 1. The first-order valence-corrected chi connectivity index (χ1v) is 4.89. The quantitative estimate of drug-likeness (QED) is 0.593. The first kappa shape index (κ1) is 9.61. The average Bonchev–Trinajstić information content (AvgIpc) is 2.05. The highest BCUT2D eigenvalue weighted by Gasteiger charge is 2.35. The minimum atomic E-state index is -0.665. The maximum absolute atomic E-state index is 10.2. The van der Waals surface area contributed by atoms with Gasteiger partial charge in [0, 0.05) is 0 Å². The van der Waals surface area contributed by atoms with Crippen LogP contribution in [-0.4, -0.2) is 10.7 Å². The summed E-state index contributed by atoms with van der Waals surface area (Å²) in [5.41, 5.74) is -0.665. The summed E-state index contributed by atoms with van der Waals surface area (Å²) >= 11 is 0. The van der Waals surface area contributed by atoms with Crippen LogP contribution in [0.4, 0.5) is 0 Å². The Hall–Kier alpha value is -0.480. The third kappa shape index (κ3) is 1.81. The van der Waals surface area contributed by atoms with Crippen molar-refractivity contribution in [1.82, 2.24) is 0 Å². The lowest BCUT2D eigenvalue weighted by atomic mass is 9.74. The Bertz CT molecular complexity index is 199. The van der Waals surface area contributed by atoms with Crippen LogP contribution in [0.15, 0.2) is 0 Å². The summed E-state index contributed by atoms with van der Waals surface area (Å²) in [5.74, 6) is 6.21. The van der Waals surface area contributed by atoms with Crippen molar-refractivity contribution >= 4 is 0 Å². The van der Waals surface area contributed by atoms with Crippen molar-refractivity contribution in [3.8, 4) is 11.8 Å². The molecule has 2 atom stereocenters. The molecule has 0 aromatic rings. The second kappa shape index (κ2) is 3.96. The number of hydrogen-bond acceptors (Lipinski definition) is 1. The van der Waals surface area contributed by atoms with Crippen LogP contribution in [0.3, 0.4) is 0 Å². The zero-order chi connectivity index (χ0) is 9.03. The largest absolute Gasteiger partial charge is 0.377 e. The molecule has 0 aromatic carbocycles. The minimum Gasteiger partial charge on any atom is -0.377 e. The highest BCUT2D eigenvalue weighted by atomic mass is 16.3. The summed E-state index contributed by atoms with van der Waals surface area (Å²) in [5, 5.41) is 10.2. The van der Waals surface area contributed by atoms with Gasteiger partial charge >= 0.3 is 0 Å². The topological polar surface area (TPSA) is 20.2 Å². The molecule has 12 heavy (non-hydrogen) atoms. The normalized spacial score (nSPS) is 35.4. The van der Waals surface area contributed by atoms with Gasteiger partial charge in [-0.05, 0) is 38.5 Å². The summed E-state index contributed by atoms with van der Waals surface area (Å²) in [4.78, 5) is 0. The van der Waals surface area contributed by atoms with Gasteiger partial charge in [-0.1, -0.05) is 19.3 Å². The van der Waals surface area contributed by atoms with Crippen molar-refractivity contribution in [3.05, 3.63) is 0 Å². The molecule has 1 N–H and O–H groups in total. The van der Waals surface area contributed by atoms with Gasteiger partial charge in [-0.3, -0.25) is 0 Å². The highest BCUT2D eigenvalue weighted by Crippen LogP contribution is 2.35. The van der Waals surface area contributed by atoms with E-state index < -0.39 is 5.60 Å². The van der Waals surface area contributed by atoms with Gasteiger partial charge in [-0.15, -0.1) is 5.92 Å². The van der Waals surface area contributed by atoms with E-state index in [4.69, 9.17) is 0 Å². The van der Waals surface area contributed by atoms with Gasteiger partial charge in [0.1, 0.15) is 5.60 Å². The van der Waals surface area contributed by atoms with Crippen molar-refractivity contribution in [2.45, 2.75) is 51.6 Å². The SMILES string of the molecule is CC#CC1(O)CCCCC1CC. The van der Waals surface area contributed by atoms with Crippen LogP contribution in [0, 0.1) is 17.8 Å². The van der Waals surface area contributed by atoms with E-state index in [-0.39, 0.29) is 0 Å². The first-order valence-electron chi connectivity index (χ1n) is 4.89. The molecule has 1 aliphatic carbocycles. The Morgan fingerprint density at radius 1 is 1.50 bits per heavy atom. The molecule has 0 aliphatic heterocycles. The van der Waals surface area contributed by atoms with Crippen LogP contribution in [0.1, 0.15) is 46.0 Å². The van der Waals surface area contributed by atoms with Crippen molar-refractivity contribution in [1.29, 1.82) is 0 Å². The summed E-state index contributed by atoms with van der Waals surface area (Å²) in [7, 11) is 0. The minimum absolute atomic E-state index is 0.402. The van der Waals surface area contributed by atoms with Crippen LogP contribution in [0.2, 0.25) is 0 Å². The van der Waals surface area contributed by atoms with Crippen molar-refractivity contribution < 1.29 is 5.11 Å². The van der Waals surface area contributed by atoms with Crippen LogP contribution in [-0.2, 0) is 0 Å². The predicted octanol–water partition coefficient (Wildman–Crippen LogP) is 2.34. The van der Waals surface area contributed by atoms with E-state index in [1.807, 2.05) is 0 Å². The van der Waals surface area contributed by atoms with Crippen LogP contribution >= 0.6 is 0 Å². The molecule has 0 aromatic heterocycles. The second-order valence-corrected chi connectivity index (χ2v) is 3.65. The molecule has 1 fully saturated rings. The average molecular weight is 166 g/mol. The first-order chi connectivity index (χ1) is 5.73. The molecule has 68 valence electrons. The molecule has 0 heterocycles. The molecular weight excluding hydrogens is 148 g/mol. The molecule has 0 radical (unpaired) electrons. The molecule has 0 spiro atoms. The van der Waals surface area contributed by atoms with E-state index in [1.54, 1.807) is 6.92 Å². The molecule has 1 saturated carbocycles. The summed E-state index contributed by atoms with van der Waals surface area (Å²) < 4.78 is 0. The third-order valence-electron chi connectivity index (χ3n) is 2.87. The highest BCUT2D eigenvalue weighted by molar-refractivity contribution is 5.15. The van der Waals surface area contributed by atoms with Crippen molar-refractivity contribution in [2.75, 3.05) is 0 Å². The molecule has 0 saturated heterocycles. The zero-order valence-electron chi connectivity index (χ0n) is 8.06. The molecule has 2 unspecified atom stereocenters. The molecule has 1 aliphatic rings. The van der Waals surface area contributed by atoms with Gasteiger partial charge in [-0.25, -0.2) is 0 Å². The van der Waals surface area contributed by atoms with Gasteiger partial charge in [0.25, 0.3) is 0 Å². The Morgan fingerprint density at radius 2 is 2.25 bits per heavy atom. The summed E-state index contributed by atoms with van der Waals surface area (Å²) in [6, 6.07) is 0. The Labute approximate surface area is 75.2 Å². The molecule has 1 rings (SSSR count). The van der Waals surface area contributed by atoms with Gasteiger partial charge in [-0.2, -0.15) is 0 Å². The van der Waals surface area contributed by atoms with Gasteiger partial charge in [0.2, 0.25) is 0 Å². The maximum atomic E-state index is 10.2. The molecular formula is C11H18O. The molecule has 0 bridgehead atoms. The monoisotopic (exact) mass is 166 g/mol. The summed E-state index contributed by atoms with van der Waals surface area (Å²) in [6.45, 7) is 3.94. The molecule has 0 amide bonds. The van der Waals surface area contributed by atoms with Gasteiger partial charge in [0.15, 0.2) is 0 Å². The van der Waals surface area contributed by atoms with E-state index in [1.165, 1.54) is 6.42 Å². The van der Waals surface area contributed by atoms with Crippen LogP contribution < -0.4 is 0 Å². The van der Waals surface area contributed by atoms with Crippen LogP contribution in [0.5, 0.6) is 0 Å². The van der Waals surface area contributed by atoms with E-state index in [0.717, 1.165) is 25.7 Å². The number of hydrogen-bond donors (Lipinski definition) is 1. The maximum Gasteiger partial charge on any atom is 0.128 e. The summed E-state index contributed by atoms with van der Waals surface area (Å²) in [6.07, 6.45) is 5.44. The zero-order valence-corrected chi connectivity index (χ0v) is 8.06. The lowest BCUT2D eigenvalue weighted by molar-refractivity contribution is 0.00269. The van der Waals surface area contributed by atoms with E-state index in [0.29, 0.717) is 5.92 Å².